The standard InChI is InChI=1S/C16H16FNO4/c17-15-8-12(6-7-14(15)11(9-19)10-20)18-16(21)22-13-4-2-1-3-5-13/h1-8,11,19-20H,9-10H2,(H,18,21). The number of amides is 1. The van der Waals surface area contributed by atoms with Crippen LogP contribution in [0, 0.1) is 5.82 Å². The van der Waals surface area contributed by atoms with Gasteiger partial charge in [-0.05, 0) is 29.8 Å². The first-order chi connectivity index (χ1) is 10.6. The zero-order chi connectivity index (χ0) is 15.9. The fourth-order valence-electron chi connectivity index (χ4n) is 1.93. The number of benzene rings is 2. The van der Waals surface area contributed by atoms with E-state index in [-0.39, 0.29) is 24.5 Å². The zero-order valence-corrected chi connectivity index (χ0v) is 11.7. The second-order valence-corrected chi connectivity index (χ2v) is 4.63. The third kappa shape index (κ3) is 4.03. The van der Waals surface area contributed by atoms with Gasteiger partial charge in [-0.15, -0.1) is 0 Å². The number of ether oxygens (including phenoxy) is 1. The van der Waals surface area contributed by atoms with E-state index in [1.807, 2.05) is 0 Å². The molecule has 0 aliphatic heterocycles. The monoisotopic (exact) mass is 305 g/mol. The van der Waals surface area contributed by atoms with Gasteiger partial charge in [0.2, 0.25) is 0 Å². The summed E-state index contributed by atoms with van der Waals surface area (Å²) in [7, 11) is 0. The minimum Gasteiger partial charge on any atom is -0.410 e. The smallest absolute Gasteiger partial charge is 0.410 e. The summed E-state index contributed by atoms with van der Waals surface area (Å²) < 4.78 is 19.0. The molecule has 22 heavy (non-hydrogen) atoms. The number of para-hydroxylation sites is 1. The van der Waals surface area contributed by atoms with Crippen molar-refractivity contribution in [1.29, 1.82) is 0 Å². The lowest BCUT2D eigenvalue weighted by atomic mass is 10.00. The van der Waals surface area contributed by atoms with Gasteiger partial charge in [0.25, 0.3) is 0 Å². The maximum atomic E-state index is 13.9. The second kappa shape index (κ2) is 7.53. The molecule has 1 amide bonds. The maximum absolute atomic E-state index is 13.9. The number of nitrogens with one attached hydrogen (secondary N) is 1. The van der Waals surface area contributed by atoms with E-state index in [1.54, 1.807) is 30.3 Å². The van der Waals surface area contributed by atoms with E-state index in [9.17, 15) is 9.18 Å². The van der Waals surface area contributed by atoms with Crippen molar-refractivity contribution in [3.8, 4) is 5.75 Å². The third-order valence-electron chi connectivity index (χ3n) is 3.08. The lowest BCUT2D eigenvalue weighted by Gasteiger charge is -2.13. The Kier molecular flexibility index (Phi) is 5.46. The summed E-state index contributed by atoms with van der Waals surface area (Å²) in [6, 6.07) is 12.5. The Morgan fingerprint density at radius 3 is 2.41 bits per heavy atom. The van der Waals surface area contributed by atoms with Crippen LogP contribution in [0.4, 0.5) is 14.9 Å². The molecule has 0 unspecified atom stereocenters. The topological polar surface area (TPSA) is 78.8 Å². The molecule has 0 heterocycles. The van der Waals surface area contributed by atoms with E-state index in [0.29, 0.717) is 5.75 Å². The highest BCUT2D eigenvalue weighted by molar-refractivity contribution is 5.86. The van der Waals surface area contributed by atoms with Crippen molar-refractivity contribution in [2.75, 3.05) is 18.5 Å². The molecule has 0 aliphatic carbocycles. The fourth-order valence-corrected chi connectivity index (χ4v) is 1.93. The van der Waals surface area contributed by atoms with Gasteiger partial charge < -0.3 is 14.9 Å². The summed E-state index contributed by atoms with van der Waals surface area (Å²) in [5, 5.41) is 20.5. The minimum absolute atomic E-state index is 0.187. The van der Waals surface area contributed by atoms with Gasteiger partial charge in [-0.3, -0.25) is 5.32 Å². The number of carbonyl (C=O) groups is 1. The SMILES string of the molecule is O=C(Nc1ccc(C(CO)CO)c(F)c1)Oc1ccccc1. The summed E-state index contributed by atoms with van der Waals surface area (Å²) in [5.74, 6) is -0.936. The number of hydrogen-bond donors (Lipinski definition) is 3. The van der Waals surface area contributed by atoms with Crippen LogP contribution in [0.3, 0.4) is 0 Å². The first-order valence-corrected chi connectivity index (χ1v) is 6.69. The van der Waals surface area contributed by atoms with Gasteiger partial charge in [-0.2, -0.15) is 0 Å². The van der Waals surface area contributed by atoms with Crippen LogP contribution >= 0.6 is 0 Å². The lowest BCUT2D eigenvalue weighted by Crippen LogP contribution is -2.17. The van der Waals surface area contributed by atoms with Crippen LogP contribution in [-0.2, 0) is 0 Å². The molecule has 0 aliphatic rings. The van der Waals surface area contributed by atoms with Crippen LogP contribution in [0.5, 0.6) is 5.75 Å². The number of halogens is 1. The highest BCUT2D eigenvalue weighted by Crippen LogP contribution is 2.22. The molecule has 116 valence electrons. The summed E-state index contributed by atoms with van der Waals surface area (Å²) >= 11 is 0. The Morgan fingerprint density at radius 2 is 1.82 bits per heavy atom. The van der Waals surface area contributed by atoms with E-state index >= 15 is 0 Å². The average Bonchev–Trinajstić information content (AvgIpc) is 2.51. The maximum Gasteiger partial charge on any atom is 0.417 e. The summed E-state index contributed by atoms with van der Waals surface area (Å²) in [6.45, 7) is -0.730. The van der Waals surface area contributed by atoms with Gasteiger partial charge in [0.05, 0.1) is 13.2 Å². The van der Waals surface area contributed by atoms with Crippen LogP contribution in [0.1, 0.15) is 11.5 Å². The molecule has 0 atom stereocenters. The first kappa shape index (κ1) is 15.9. The lowest BCUT2D eigenvalue weighted by molar-refractivity contribution is 0.190. The largest absolute Gasteiger partial charge is 0.417 e. The molecule has 3 N–H and O–H groups in total. The molecule has 2 aromatic carbocycles. The van der Waals surface area contributed by atoms with Crippen molar-refractivity contribution in [3.63, 3.8) is 0 Å². The number of aliphatic hydroxyl groups is 2. The van der Waals surface area contributed by atoms with E-state index < -0.39 is 17.8 Å². The van der Waals surface area contributed by atoms with E-state index in [2.05, 4.69) is 5.32 Å². The molecule has 0 aromatic heterocycles. The predicted octanol–water partition coefficient (Wildman–Crippen LogP) is 2.50. The molecular weight excluding hydrogens is 289 g/mol. The van der Waals surface area contributed by atoms with Gasteiger partial charge in [-0.25, -0.2) is 9.18 Å². The Labute approximate surface area is 127 Å². The summed E-state index contributed by atoms with van der Waals surface area (Å²) in [5.41, 5.74) is 0.406. The van der Waals surface area contributed by atoms with Crippen LogP contribution in [0.15, 0.2) is 48.5 Å². The van der Waals surface area contributed by atoms with Crippen LogP contribution in [0.2, 0.25) is 0 Å². The van der Waals surface area contributed by atoms with E-state index in [0.717, 1.165) is 6.07 Å². The number of rotatable bonds is 5. The molecule has 0 saturated heterocycles. The predicted molar refractivity (Wildman–Crippen MR) is 79.4 cm³/mol. The Hall–Kier alpha value is -2.44. The summed E-state index contributed by atoms with van der Waals surface area (Å²) in [4.78, 5) is 11.7. The van der Waals surface area contributed by atoms with Gasteiger partial charge in [0, 0.05) is 11.6 Å². The molecule has 2 aromatic rings. The molecule has 0 radical (unpaired) electrons. The molecule has 6 heteroatoms. The molecule has 0 spiro atoms. The molecule has 5 nitrogen and oxygen atoms in total. The van der Waals surface area contributed by atoms with Gasteiger partial charge in [0.15, 0.2) is 0 Å². The van der Waals surface area contributed by atoms with Gasteiger partial charge in [0.1, 0.15) is 11.6 Å². The number of carbonyl (C=O) groups excluding carboxylic acids is 1. The molecule has 0 saturated carbocycles. The molecule has 0 bridgehead atoms. The van der Waals surface area contributed by atoms with Crippen molar-refractivity contribution in [2.45, 2.75) is 5.92 Å². The van der Waals surface area contributed by atoms with Crippen molar-refractivity contribution in [1.82, 2.24) is 0 Å². The normalized spacial score (nSPS) is 10.5. The average molecular weight is 305 g/mol. The zero-order valence-electron chi connectivity index (χ0n) is 11.7. The third-order valence-corrected chi connectivity index (χ3v) is 3.08. The number of hydrogen-bond acceptors (Lipinski definition) is 4. The van der Waals surface area contributed by atoms with E-state index in [4.69, 9.17) is 14.9 Å². The number of aliphatic hydroxyl groups excluding tert-OH is 2. The number of anilines is 1. The van der Waals surface area contributed by atoms with Crippen molar-refractivity contribution >= 4 is 11.8 Å². The Morgan fingerprint density at radius 1 is 1.14 bits per heavy atom. The van der Waals surface area contributed by atoms with Crippen molar-refractivity contribution in [3.05, 3.63) is 59.9 Å². The van der Waals surface area contributed by atoms with Crippen LogP contribution in [-0.4, -0.2) is 29.5 Å². The van der Waals surface area contributed by atoms with Crippen LogP contribution in [0.25, 0.3) is 0 Å². The van der Waals surface area contributed by atoms with Gasteiger partial charge >= 0.3 is 6.09 Å². The fraction of sp³-hybridized carbons (Fsp3) is 0.188. The Bertz CT molecular complexity index is 629. The second-order valence-electron chi connectivity index (χ2n) is 4.63. The highest BCUT2D eigenvalue weighted by atomic mass is 19.1. The van der Waals surface area contributed by atoms with Crippen molar-refractivity contribution in [2.24, 2.45) is 0 Å². The quantitative estimate of drug-likeness (QED) is 0.793. The highest BCUT2D eigenvalue weighted by Gasteiger charge is 2.15. The van der Waals surface area contributed by atoms with E-state index in [1.165, 1.54) is 12.1 Å². The van der Waals surface area contributed by atoms with Crippen LogP contribution < -0.4 is 10.1 Å². The Balaban J connectivity index is 2.04. The van der Waals surface area contributed by atoms with Crippen molar-refractivity contribution < 1.29 is 24.1 Å². The molecular formula is C16H16FNO4. The minimum atomic E-state index is -0.737. The summed E-state index contributed by atoms with van der Waals surface area (Å²) in [6.07, 6.45) is -0.737. The first-order valence-electron chi connectivity index (χ1n) is 6.69. The molecule has 2 rings (SSSR count). The molecule has 0 fully saturated rings. The van der Waals surface area contributed by atoms with Gasteiger partial charge in [-0.1, -0.05) is 24.3 Å².